The summed E-state index contributed by atoms with van der Waals surface area (Å²) in [5.74, 6) is -4.29. The fourth-order valence-corrected chi connectivity index (χ4v) is 4.25. The second-order valence-corrected chi connectivity index (χ2v) is 9.46. The zero-order chi connectivity index (χ0) is 32.4. The topological polar surface area (TPSA) is 176 Å². The van der Waals surface area contributed by atoms with E-state index in [1.54, 1.807) is 30.3 Å². The molecule has 2 aromatic rings. The Balaban J connectivity index is 1.92. The molecule has 2 aromatic carbocycles. The maximum absolute atomic E-state index is 12.9. The molecule has 0 N–H and O–H groups in total. The van der Waals surface area contributed by atoms with Crippen LogP contribution >= 0.6 is 0 Å². The summed E-state index contributed by atoms with van der Waals surface area (Å²) < 4.78 is 43.9. The van der Waals surface area contributed by atoms with E-state index in [4.69, 9.17) is 37.9 Å². The number of hydrogen-bond donors (Lipinski definition) is 0. The maximum atomic E-state index is 12.9. The first kappa shape index (κ1) is 33.5. The van der Waals surface area contributed by atoms with Crippen molar-refractivity contribution in [1.82, 2.24) is 0 Å². The SMILES string of the molecule is CC(=O)OC[C@H]1O[C@@H](Oc2ccccc2COC(=O)c2ccccc2OC(C)=O)[C@H](OC(C)=O)[C@@H](OC(C)=O)[C@@H]1OC(C)=O. The van der Waals surface area contributed by atoms with E-state index >= 15 is 0 Å². The predicted molar refractivity (Wildman–Crippen MR) is 146 cm³/mol. The number of carbonyl (C=O) groups excluding carboxylic acids is 6. The third-order valence-corrected chi connectivity index (χ3v) is 5.88. The number of hydrogen-bond acceptors (Lipinski definition) is 14. The Morgan fingerprint density at radius 1 is 0.636 bits per heavy atom. The predicted octanol–water partition coefficient (Wildman–Crippen LogP) is 2.43. The van der Waals surface area contributed by atoms with Crippen LogP contribution in [0.3, 0.4) is 0 Å². The molecule has 1 saturated heterocycles. The normalized spacial score (nSPS) is 20.8. The van der Waals surface area contributed by atoms with Crippen molar-refractivity contribution < 1.29 is 66.7 Å². The molecule has 236 valence electrons. The zero-order valence-electron chi connectivity index (χ0n) is 24.6. The number of rotatable bonds is 11. The average molecular weight is 617 g/mol. The van der Waals surface area contributed by atoms with Crippen LogP contribution in [0.25, 0.3) is 0 Å². The number of benzene rings is 2. The lowest BCUT2D eigenvalue weighted by Crippen LogP contribution is -2.63. The Morgan fingerprint density at radius 3 is 1.82 bits per heavy atom. The van der Waals surface area contributed by atoms with E-state index < -0.39 is 73.1 Å². The second-order valence-electron chi connectivity index (χ2n) is 9.46. The van der Waals surface area contributed by atoms with Crippen LogP contribution in [-0.2, 0) is 59.0 Å². The van der Waals surface area contributed by atoms with Crippen molar-refractivity contribution in [2.24, 2.45) is 0 Å². The van der Waals surface area contributed by atoms with Crippen molar-refractivity contribution in [2.75, 3.05) is 6.61 Å². The smallest absolute Gasteiger partial charge is 0.342 e. The standard InChI is InChI=1S/C30H32O14/c1-16(31)37-15-25-26(40-18(3)33)27(41-19(4)34)28(42-20(5)35)30(44-25)43-23-12-8-6-10-21(23)14-38-29(36)22-11-7-9-13-24(22)39-17(2)32/h6-13,25-28,30H,14-15H2,1-5H3/t25-,26-,27+,28-,30-/m1/s1. The van der Waals surface area contributed by atoms with Crippen molar-refractivity contribution in [3.8, 4) is 11.5 Å². The van der Waals surface area contributed by atoms with Gasteiger partial charge in [0.15, 0.2) is 12.2 Å². The highest BCUT2D eigenvalue weighted by molar-refractivity contribution is 5.93. The quantitative estimate of drug-likeness (QED) is 0.204. The van der Waals surface area contributed by atoms with Gasteiger partial charge in [0, 0.05) is 40.2 Å². The molecule has 0 radical (unpaired) electrons. The lowest BCUT2D eigenvalue weighted by Gasteiger charge is -2.44. The highest BCUT2D eigenvalue weighted by Crippen LogP contribution is 2.32. The fraction of sp³-hybridized carbons (Fsp3) is 0.400. The summed E-state index contributed by atoms with van der Waals surface area (Å²) in [7, 11) is 0. The van der Waals surface area contributed by atoms with E-state index in [1.807, 2.05) is 0 Å². The van der Waals surface area contributed by atoms with E-state index in [0.29, 0.717) is 5.56 Å². The van der Waals surface area contributed by atoms with Gasteiger partial charge in [-0.3, -0.25) is 24.0 Å². The average Bonchev–Trinajstić information content (AvgIpc) is 2.93. The number of esters is 6. The third-order valence-electron chi connectivity index (χ3n) is 5.88. The van der Waals surface area contributed by atoms with Gasteiger partial charge in [-0.2, -0.15) is 0 Å². The molecule has 0 amide bonds. The minimum absolute atomic E-state index is 0.0145. The summed E-state index contributed by atoms with van der Waals surface area (Å²) in [5.41, 5.74) is 0.361. The van der Waals surface area contributed by atoms with E-state index in [1.165, 1.54) is 25.1 Å². The molecular weight excluding hydrogens is 584 g/mol. The lowest BCUT2D eigenvalue weighted by molar-refractivity contribution is -0.288. The maximum Gasteiger partial charge on any atom is 0.342 e. The second kappa shape index (κ2) is 15.5. The number of ether oxygens (including phenoxy) is 8. The van der Waals surface area contributed by atoms with Crippen molar-refractivity contribution in [2.45, 2.75) is 71.9 Å². The first-order valence-electron chi connectivity index (χ1n) is 13.3. The van der Waals surface area contributed by atoms with Crippen LogP contribution in [0.5, 0.6) is 11.5 Å². The van der Waals surface area contributed by atoms with Crippen LogP contribution in [0.1, 0.15) is 50.5 Å². The van der Waals surface area contributed by atoms with E-state index in [0.717, 1.165) is 27.7 Å². The lowest BCUT2D eigenvalue weighted by atomic mass is 9.98. The molecule has 0 saturated carbocycles. The molecule has 44 heavy (non-hydrogen) atoms. The van der Waals surface area contributed by atoms with Gasteiger partial charge >= 0.3 is 35.8 Å². The highest BCUT2D eigenvalue weighted by atomic mass is 16.7. The first-order valence-corrected chi connectivity index (χ1v) is 13.3. The molecule has 0 unspecified atom stereocenters. The number of para-hydroxylation sites is 2. The molecule has 3 rings (SSSR count). The molecule has 14 heteroatoms. The van der Waals surface area contributed by atoms with E-state index in [9.17, 15) is 28.8 Å². The van der Waals surface area contributed by atoms with Gasteiger partial charge in [0.05, 0.1) is 0 Å². The van der Waals surface area contributed by atoms with Crippen molar-refractivity contribution in [3.63, 3.8) is 0 Å². The van der Waals surface area contributed by atoms with Gasteiger partial charge in [-0.1, -0.05) is 30.3 Å². The molecule has 0 bridgehead atoms. The zero-order valence-corrected chi connectivity index (χ0v) is 24.6. The van der Waals surface area contributed by atoms with Crippen LogP contribution in [0.2, 0.25) is 0 Å². The van der Waals surface area contributed by atoms with Gasteiger partial charge in [-0.25, -0.2) is 4.79 Å². The van der Waals surface area contributed by atoms with Gasteiger partial charge in [-0.05, 0) is 18.2 Å². The molecule has 5 atom stereocenters. The minimum Gasteiger partial charge on any atom is -0.463 e. The minimum atomic E-state index is -1.49. The van der Waals surface area contributed by atoms with Crippen molar-refractivity contribution >= 4 is 35.8 Å². The summed E-state index contributed by atoms with van der Waals surface area (Å²) in [5, 5.41) is 0. The Hall–Kier alpha value is -4.98. The molecule has 1 fully saturated rings. The van der Waals surface area contributed by atoms with Crippen molar-refractivity contribution in [1.29, 1.82) is 0 Å². The Bertz CT molecular complexity index is 1390. The van der Waals surface area contributed by atoms with Gasteiger partial charge in [0.1, 0.15) is 36.4 Å². The first-order chi connectivity index (χ1) is 20.8. The largest absolute Gasteiger partial charge is 0.463 e. The van der Waals surface area contributed by atoms with E-state index in [2.05, 4.69) is 0 Å². The Kier molecular flexibility index (Phi) is 11.8. The molecule has 1 heterocycles. The fourth-order valence-electron chi connectivity index (χ4n) is 4.25. The van der Waals surface area contributed by atoms with Crippen LogP contribution < -0.4 is 9.47 Å². The number of carbonyl (C=O) groups is 6. The van der Waals surface area contributed by atoms with Crippen LogP contribution in [-0.4, -0.2) is 73.1 Å². The van der Waals surface area contributed by atoms with Crippen LogP contribution in [0.4, 0.5) is 0 Å². The Labute approximate surface area is 252 Å². The van der Waals surface area contributed by atoms with Crippen LogP contribution in [0, 0.1) is 0 Å². The van der Waals surface area contributed by atoms with Crippen molar-refractivity contribution in [3.05, 3.63) is 59.7 Å². The molecule has 1 aliphatic rings. The molecular formula is C30H32O14. The molecule has 14 nitrogen and oxygen atoms in total. The van der Waals surface area contributed by atoms with Gasteiger partial charge in [-0.15, -0.1) is 0 Å². The molecule has 0 aliphatic carbocycles. The monoisotopic (exact) mass is 616 g/mol. The molecule has 1 aliphatic heterocycles. The molecule has 0 spiro atoms. The summed E-state index contributed by atoms with van der Waals surface area (Å²) in [6.07, 6.45) is -6.94. The summed E-state index contributed by atoms with van der Waals surface area (Å²) >= 11 is 0. The van der Waals surface area contributed by atoms with Gasteiger partial charge < -0.3 is 37.9 Å². The summed E-state index contributed by atoms with van der Waals surface area (Å²) in [6, 6.07) is 12.4. The van der Waals surface area contributed by atoms with Gasteiger partial charge in [0.2, 0.25) is 12.4 Å². The van der Waals surface area contributed by atoms with Gasteiger partial charge in [0.25, 0.3) is 0 Å². The van der Waals surface area contributed by atoms with Crippen LogP contribution in [0.15, 0.2) is 48.5 Å². The summed E-state index contributed by atoms with van der Waals surface area (Å²) in [6.45, 7) is 4.93. The highest BCUT2D eigenvalue weighted by Gasteiger charge is 2.53. The van der Waals surface area contributed by atoms with E-state index in [-0.39, 0.29) is 23.7 Å². The summed E-state index contributed by atoms with van der Waals surface area (Å²) in [4.78, 5) is 72.0. The Morgan fingerprint density at radius 2 is 1.20 bits per heavy atom. The third kappa shape index (κ3) is 9.52. The molecule has 0 aromatic heterocycles.